The van der Waals surface area contributed by atoms with Crippen molar-refractivity contribution >= 4 is 44.7 Å². The van der Waals surface area contributed by atoms with E-state index in [2.05, 4.69) is 17.2 Å². The quantitative estimate of drug-likeness (QED) is 0.715. The number of nitrogens with zero attached hydrogens (tertiary/aromatic N) is 2. The topological polar surface area (TPSA) is 64.0 Å². The van der Waals surface area contributed by atoms with Gasteiger partial charge in [0, 0.05) is 15.6 Å². The molecule has 4 rings (SSSR count). The van der Waals surface area contributed by atoms with Crippen molar-refractivity contribution < 1.29 is 4.79 Å². The van der Waals surface area contributed by atoms with Crippen LogP contribution in [-0.4, -0.2) is 15.5 Å². The maximum absolute atomic E-state index is 13.0. The van der Waals surface area contributed by atoms with E-state index >= 15 is 0 Å². The lowest BCUT2D eigenvalue weighted by molar-refractivity contribution is -0.116. The van der Waals surface area contributed by atoms with Crippen LogP contribution in [0.15, 0.2) is 29.3 Å². The first kappa shape index (κ1) is 18.2. The lowest BCUT2D eigenvalue weighted by Crippen LogP contribution is -2.28. The van der Waals surface area contributed by atoms with Crippen LogP contribution in [-0.2, 0) is 24.2 Å². The Morgan fingerprint density at radius 3 is 3.07 bits per heavy atom. The first-order valence-electron chi connectivity index (χ1n) is 8.98. The third-order valence-corrected chi connectivity index (χ3v) is 6.71. The Morgan fingerprint density at radius 2 is 2.26 bits per heavy atom. The molecule has 2 heterocycles. The molecule has 5 nitrogen and oxygen atoms in total. The number of thiophene rings is 1. The number of carbonyl (C=O) groups excluding carboxylic acids is 1. The van der Waals surface area contributed by atoms with Crippen LogP contribution in [0.1, 0.15) is 29.3 Å². The summed E-state index contributed by atoms with van der Waals surface area (Å²) in [7, 11) is 0. The number of benzene rings is 1. The molecule has 1 atom stereocenters. The Morgan fingerprint density at radius 1 is 1.44 bits per heavy atom. The Labute approximate surface area is 166 Å². The summed E-state index contributed by atoms with van der Waals surface area (Å²) < 4.78 is 1.39. The standard InChI is InChI=1S/C20H20ClN3O2S/c1-11-6-7-13-16(8-11)27-19-18(13)20(26)24(10-22-19)9-17(25)23-15-5-3-4-14(21)12(15)2/h3-5,10-11H,6-9H2,1-2H3,(H,23,25). The minimum atomic E-state index is -0.277. The van der Waals surface area contributed by atoms with Crippen LogP contribution in [0.25, 0.3) is 10.2 Å². The van der Waals surface area contributed by atoms with Crippen LogP contribution in [0, 0.1) is 12.8 Å². The van der Waals surface area contributed by atoms with Crippen LogP contribution in [0.2, 0.25) is 5.02 Å². The van der Waals surface area contributed by atoms with Gasteiger partial charge in [0.05, 0.1) is 11.7 Å². The van der Waals surface area contributed by atoms with Gasteiger partial charge in [0.25, 0.3) is 5.56 Å². The Bertz CT molecular complexity index is 1100. The van der Waals surface area contributed by atoms with Gasteiger partial charge in [-0.3, -0.25) is 14.2 Å². The summed E-state index contributed by atoms with van der Waals surface area (Å²) in [6, 6.07) is 5.35. The molecular weight excluding hydrogens is 382 g/mol. The molecule has 1 aliphatic rings. The van der Waals surface area contributed by atoms with E-state index in [1.54, 1.807) is 29.5 Å². The second-order valence-electron chi connectivity index (χ2n) is 7.17. The van der Waals surface area contributed by atoms with Gasteiger partial charge in [0.15, 0.2) is 0 Å². The van der Waals surface area contributed by atoms with Gasteiger partial charge in [-0.1, -0.05) is 24.6 Å². The molecule has 1 amide bonds. The molecule has 2 aromatic heterocycles. The minimum Gasteiger partial charge on any atom is -0.324 e. The summed E-state index contributed by atoms with van der Waals surface area (Å²) in [4.78, 5) is 31.9. The highest BCUT2D eigenvalue weighted by Gasteiger charge is 2.23. The van der Waals surface area contributed by atoms with Crippen molar-refractivity contribution in [1.29, 1.82) is 0 Å². The number of fused-ring (bicyclic) bond motifs is 3. The third-order valence-electron chi connectivity index (χ3n) is 5.14. The van der Waals surface area contributed by atoms with E-state index in [9.17, 15) is 9.59 Å². The summed E-state index contributed by atoms with van der Waals surface area (Å²) in [6.45, 7) is 4.01. The molecule has 27 heavy (non-hydrogen) atoms. The minimum absolute atomic E-state index is 0.0747. The van der Waals surface area contributed by atoms with Crippen molar-refractivity contribution in [2.75, 3.05) is 5.32 Å². The Hall–Kier alpha value is -2.18. The molecule has 140 valence electrons. The maximum Gasteiger partial charge on any atom is 0.262 e. The summed E-state index contributed by atoms with van der Waals surface area (Å²) >= 11 is 7.71. The van der Waals surface area contributed by atoms with E-state index in [1.165, 1.54) is 15.8 Å². The van der Waals surface area contributed by atoms with Crippen molar-refractivity contribution in [3.05, 3.63) is 55.9 Å². The van der Waals surface area contributed by atoms with Crippen LogP contribution in [0.3, 0.4) is 0 Å². The average molecular weight is 402 g/mol. The maximum atomic E-state index is 13.0. The Balaban J connectivity index is 1.62. The predicted octanol–water partition coefficient (Wildman–Crippen LogP) is 4.18. The largest absolute Gasteiger partial charge is 0.324 e. The number of aryl methyl sites for hydroxylation is 1. The molecule has 0 spiro atoms. The second-order valence-corrected chi connectivity index (χ2v) is 8.66. The number of halogens is 1. The molecule has 1 unspecified atom stereocenters. The van der Waals surface area contributed by atoms with E-state index in [0.717, 1.165) is 35.2 Å². The highest BCUT2D eigenvalue weighted by atomic mass is 35.5. The molecule has 1 aliphatic carbocycles. The number of anilines is 1. The van der Waals surface area contributed by atoms with Crippen molar-refractivity contribution in [2.45, 2.75) is 39.7 Å². The van der Waals surface area contributed by atoms with E-state index in [0.29, 0.717) is 22.0 Å². The third kappa shape index (κ3) is 3.39. The summed E-state index contributed by atoms with van der Waals surface area (Å²) in [5.41, 5.74) is 2.45. The van der Waals surface area contributed by atoms with Gasteiger partial charge >= 0.3 is 0 Å². The lowest BCUT2D eigenvalue weighted by Gasteiger charge is -2.17. The molecule has 0 aliphatic heterocycles. The van der Waals surface area contributed by atoms with Gasteiger partial charge in [-0.15, -0.1) is 11.3 Å². The van der Waals surface area contributed by atoms with E-state index in [1.807, 2.05) is 6.92 Å². The predicted molar refractivity (Wildman–Crippen MR) is 110 cm³/mol. The van der Waals surface area contributed by atoms with Crippen LogP contribution < -0.4 is 10.9 Å². The van der Waals surface area contributed by atoms with Gasteiger partial charge in [-0.25, -0.2) is 4.98 Å². The molecule has 7 heteroatoms. The molecule has 0 bridgehead atoms. The molecule has 0 fully saturated rings. The van der Waals surface area contributed by atoms with Crippen LogP contribution >= 0.6 is 22.9 Å². The van der Waals surface area contributed by atoms with Gasteiger partial charge in [-0.05, 0) is 55.4 Å². The zero-order valence-corrected chi connectivity index (χ0v) is 16.8. The van der Waals surface area contributed by atoms with Gasteiger partial charge in [0.1, 0.15) is 11.4 Å². The first-order chi connectivity index (χ1) is 12.9. The normalized spacial score (nSPS) is 16.3. The number of rotatable bonds is 3. The summed E-state index contributed by atoms with van der Waals surface area (Å²) in [5.74, 6) is 0.362. The fourth-order valence-corrected chi connectivity index (χ4v) is 5.08. The molecule has 1 aromatic carbocycles. The summed E-state index contributed by atoms with van der Waals surface area (Å²) in [6.07, 6.45) is 4.47. The number of hydrogen-bond acceptors (Lipinski definition) is 4. The monoisotopic (exact) mass is 401 g/mol. The number of nitrogens with one attached hydrogen (secondary N) is 1. The van der Waals surface area contributed by atoms with Crippen molar-refractivity contribution in [3.8, 4) is 0 Å². The Kier molecular flexibility index (Phi) is 4.78. The fraction of sp³-hybridized carbons (Fsp3) is 0.350. The zero-order valence-electron chi connectivity index (χ0n) is 15.2. The van der Waals surface area contributed by atoms with Crippen molar-refractivity contribution in [2.24, 2.45) is 5.92 Å². The number of carbonyl (C=O) groups is 1. The lowest BCUT2D eigenvalue weighted by atomic mass is 9.89. The SMILES string of the molecule is Cc1c(Cl)cccc1NC(=O)Cn1cnc2sc3c(c2c1=O)CCC(C)C3. The highest BCUT2D eigenvalue weighted by molar-refractivity contribution is 7.18. The molecule has 0 radical (unpaired) electrons. The summed E-state index contributed by atoms with van der Waals surface area (Å²) in [5, 5.41) is 4.11. The number of aromatic nitrogens is 2. The molecule has 3 aromatic rings. The molecule has 0 saturated carbocycles. The zero-order chi connectivity index (χ0) is 19.1. The second kappa shape index (κ2) is 7.09. The highest BCUT2D eigenvalue weighted by Crippen LogP contribution is 2.35. The van der Waals surface area contributed by atoms with Crippen LogP contribution in [0.4, 0.5) is 5.69 Å². The average Bonchev–Trinajstić information content (AvgIpc) is 2.99. The molecule has 1 N–H and O–H groups in total. The number of hydrogen-bond donors (Lipinski definition) is 1. The van der Waals surface area contributed by atoms with E-state index in [-0.39, 0.29) is 18.0 Å². The fourth-order valence-electron chi connectivity index (χ4n) is 3.57. The smallest absolute Gasteiger partial charge is 0.262 e. The van der Waals surface area contributed by atoms with Gasteiger partial charge < -0.3 is 5.32 Å². The van der Waals surface area contributed by atoms with Crippen LogP contribution in [0.5, 0.6) is 0 Å². The van der Waals surface area contributed by atoms with E-state index in [4.69, 9.17) is 11.6 Å². The van der Waals surface area contributed by atoms with Gasteiger partial charge in [-0.2, -0.15) is 0 Å². The molecular formula is C20H20ClN3O2S. The van der Waals surface area contributed by atoms with Crippen molar-refractivity contribution in [3.63, 3.8) is 0 Å². The van der Waals surface area contributed by atoms with E-state index < -0.39 is 0 Å². The van der Waals surface area contributed by atoms with Crippen molar-refractivity contribution in [1.82, 2.24) is 9.55 Å². The first-order valence-corrected chi connectivity index (χ1v) is 10.2. The number of amides is 1. The molecule has 0 saturated heterocycles. The van der Waals surface area contributed by atoms with Gasteiger partial charge in [0.2, 0.25) is 5.91 Å².